The minimum absolute atomic E-state index is 0.100. The number of likely N-dealkylation sites (tertiary alicyclic amines) is 1. The van der Waals surface area contributed by atoms with E-state index in [9.17, 15) is 4.79 Å². The summed E-state index contributed by atoms with van der Waals surface area (Å²) >= 11 is 1.85. The minimum Gasteiger partial charge on any atom is -0.497 e. The number of anilines is 2. The van der Waals surface area contributed by atoms with Crippen LogP contribution in [0, 0.1) is 12.8 Å². The lowest BCUT2D eigenvalue weighted by atomic mass is 9.93. The molecule has 0 saturated carbocycles. The van der Waals surface area contributed by atoms with Gasteiger partial charge in [-0.3, -0.25) is 9.69 Å². The highest BCUT2D eigenvalue weighted by atomic mass is 32.1. The third-order valence-corrected chi connectivity index (χ3v) is 7.43. The van der Waals surface area contributed by atoms with Crippen molar-refractivity contribution in [2.75, 3.05) is 43.5 Å². The minimum atomic E-state index is 0.100. The van der Waals surface area contributed by atoms with Crippen LogP contribution in [0.2, 0.25) is 0 Å². The summed E-state index contributed by atoms with van der Waals surface area (Å²) in [5.41, 5.74) is 1.89. The Balaban J connectivity index is 1.23. The highest BCUT2D eigenvalue weighted by Crippen LogP contribution is 2.29. The number of ether oxygens (including phenoxy) is 1. The van der Waals surface area contributed by atoms with Crippen LogP contribution in [-0.4, -0.2) is 49.1 Å². The second-order valence-electron chi connectivity index (χ2n) is 8.81. The van der Waals surface area contributed by atoms with Crippen molar-refractivity contribution >= 4 is 28.1 Å². The zero-order valence-corrected chi connectivity index (χ0v) is 19.5. The standard InChI is InChI=1S/C24H34N4O2S/c1-18-14-20(30-2)8-9-22(18)26-23(29)10-7-19-6-5-11-27(16-19)17-21-15-25-24(31-21)28-12-3-4-13-28/h8-9,14-15,19H,3-7,10-13,16-17H2,1-2H3,(H,26,29). The summed E-state index contributed by atoms with van der Waals surface area (Å²) in [7, 11) is 1.65. The zero-order chi connectivity index (χ0) is 21.6. The fourth-order valence-corrected chi connectivity index (χ4v) is 5.63. The first kappa shape index (κ1) is 22.1. The summed E-state index contributed by atoms with van der Waals surface area (Å²) in [6, 6.07) is 5.75. The van der Waals surface area contributed by atoms with E-state index in [2.05, 4.69) is 26.3 Å². The van der Waals surface area contributed by atoms with Gasteiger partial charge in [0, 0.05) is 49.4 Å². The lowest BCUT2D eigenvalue weighted by Gasteiger charge is -2.32. The number of nitrogens with zero attached hydrogens (tertiary/aromatic N) is 3. The molecule has 1 aromatic heterocycles. The number of rotatable bonds is 8. The summed E-state index contributed by atoms with van der Waals surface area (Å²) in [6.07, 6.45) is 8.58. The van der Waals surface area contributed by atoms with E-state index >= 15 is 0 Å². The molecule has 1 aromatic carbocycles. The Morgan fingerprint density at radius 1 is 1.26 bits per heavy atom. The molecular formula is C24H34N4O2S. The van der Waals surface area contributed by atoms with Gasteiger partial charge in [-0.1, -0.05) is 0 Å². The SMILES string of the molecule is COc1ccc(NC(=O)CCC2CCCN(Cc3cnc(N4CCCC4)s3)C2)c(C)c1. The quantitative estimate of drug-likeness (QED) is 0.643. The molecule has 1 amide bonds. The molecule has 4 rings (SSSR count). The summed E-state index contributed by atoms with van der Waals surface area (Å²) < 4.78 is 5.24. The average molecular weight is 443 g/mol. The molecule has 2 aromatic rings. The molecule has 2 fully saturated rings. The number of hydrogen-bond donors (Lipinski definition) is 1. The van der Waals surface area contributed by atoms with Crippen molar-refractivity contribution in [3.63, 3.8) is 0 Å². The van der Waals surface area contributed by atoms with Gasteiger partial charge in [0.05, 0.1) is 7.11 Å². The summed E-state index contributed by atoms with van der Waals surface area (Å²) in [6.45, 7) is 7.50. The molecule has 1 unspecified atom stereocenters. The number of thiazole rings is 1. The zero-order valence-electron chi connectivity index (χ0n) is 18.7. The predicted octanol–water partition coefficient (Wildman–Crippen LogP) is 4.69. The number of carbonyl (C=O) groups is 1. The number of piperidine rings is 1. The molecule has 2 aliphatic heterocycles. The molecule has 168 valence electrons. The Bertz CT molecular complexity index is 878. The van der Waals surface area contributed by atoms with E-state index in [0.29, 0.717) is 12.3 Å². The molecule has 2 saturated heterocycles. The van der Waals surface area contributed by atoms with Gasteiger partial charge in [0.1, 0.15) is 5.75 Å². The Morgan fingerprint density at radius 3 is 2.87 bits per heavy atom. The van der Waals surface area contributed by atoms with Crippen LogP contribution in [0.4, 0.5) is 10.8 Å². The normalized spacial score (nSPS) is 19.5. The van der Waals surface area contributed by atoms with Gasteiger partial charge < -0.3 is 15.0 Å². The number of amides is 1. The van der Waals surface area contributed by atoms with Gasteiger partial charge in [-0.2, -0.15) is 0 Å². The van der Waals surface area contributed by atoms with Gasteiger partial charge in [0.2, 0.25) is 5.91 Å². The molecule has 31 heavy (non-hydrogen) atoms. The summed E-state index contributed by atoms with van der Waals surface area (Å²) in [4.78, 5) is 23.5. The van der Waals surface area contributed by atoms with Crippen molar-refractivity contribution in [1.82, 2.24) is 9.88 Å². The molecule has 0 spiro atoms. The fraction of sp³-hybridized carbons (Fsp3) is 0.583. The van der Waals surface area contributed by atoms with Crippen molar-refractivity contribution < 1.29 is 9.53 Å². The van der Waals surface area contributed by atoms with E-state index in [1.807, 2.05) is 36.5 Å². The van der Waals surface area contributed by atoms with E-state index in [0.717, 1.165) is 56.1 Å². The molecule has 0 aliphatic carbocycles. The summed E-state index contributed by atoms with van der Waals surface area (Å²) in [5, 5.41) is 4.25. The van der Waals surface area contributed by atoms with Crippen molar-refractivity contribution in [3.8, 4) is 5.75 Å². The van der Waals surface area contributed by atoms with Crippen molar-refractivity contribution in [2.24, 2.45) is 5.92 Å². The van der Waals surface area contributed by atoms with Crippen molar-refractivity contribution in [3.05, 3.63) is 34.8 Å². The van der Waals surface area contributed by atoms with Crippen LogP contribution in [0.15, 0.2) is 24.4 Å². The average Bonchev–Trinajstić information content (AvgIpc) is 3.46. The van der Waals surface area contributed by atoms with Gasteiger partial charge >= 0.3 is 0 Å². The first-order valence-corrected chi connectivity index (χ1v) is 12.3. The van der Waals surface area contributed by atoms with Gasteiger partial charge in [-0.05, 0) is 75.3 Å². The maximum atomic E-state index is 12.5. The molecule has 0 bridgehead atoms. The second-order valence-corrected chi connectivity index (χ2v) is 9.91. The first-order chi connectivity index (χ1) is 15.1. The van der Waals surface area contributed by atoms with Crippen LogP contribution < -0.4 is 15.0 Å². The molecule has 7 heteroatoms. The molecule has 2 aliphatic rings. The Kier molecular flexibility index (Phi) is 7.45. The van der Waals surface area contributed by atoms with Crippen LogP contribution >= 0.6 is 11.3 Å². The third kappa shape index (κ3) is 5.98. The monoisotopic (exact) mass is 442 g/mol. The van der Waals surface area contributed by atoms with Crippen LogP contribution in [-0.2, 0) is 11.3 Å². The number of aryl methyl sites for hydroxylation is 1. The lowest BCUT2D eigenvalue weighted by molar-refractivity contribution is -0.116. The van der Waals surface area contributed by atoms with Gasteiger partial charge in [0.15, 0.2) is 5.13 Å². The molecule has 6 nitrogen and oxygen atoms in total. The topological polar surface area (TPSA) is 57.7 Å². The maximum Gasteiger partial charge on any atom is 0.224 e. The van der Waals surface area contributed by atoms with Crippen LogP contribution in [0.1, 0.15) is 49.0 Å². The maximum absolute atomic E-state index is 12.5. The number of hydrogen-bond acceptors (Lipinski definition) is 6. The first-order valence-electron chi connectivity index (χ1n) is 11.5. The highest BCUT2D eigenvalue weighted by molar-refractivity contribution is 7.15. The fourth-order valence-electron chi connectivity index (χ4n) is 4.63. The molecule has 1 N–H and O–H groups in total. The number of benzene rings is 1. The van der Waals surface area contributed by atoms with Crippen molar-refractivity contribution in [2.45, 2.75) is 52.0 Å². The van der Waals surface area contributed by atoms with E-state index in [1.54, 1.807) is 7.11 Å². The molecular weight excluding hydrogens is 408 g/mol. The van der Waals surface area contributed by atoms with Gasteiger partial charge in [-0.15, -0.1) is 11.3 Å². The van der Waals surface area contributed by atoms with Crippen molar-refractivity contribution in [1.29, 1.82) is 0 Å². The van der Waals surface area contributed by atoms with Gasteiger partial charge in [-0.25, -0.2) is 4.98 Å². The molecule has 1 atom stereocenters. The summed E-state index contributed by atoms with van der Waals surface area (Å²) in [5.74, 6) is 1.50. The van der Waals surface area contributed by atoms with E-state index < -0.39 is 0 Å². The second kappa shape index (κ2) is 10.5. The van der Waals surface area contributed by atoms with Gasteiger partial charge in [0.25, 0.3) is 0 Å². The highest BCUT2D eigenvalue weighted by Gasteiger charge is 2.22. The van der Waals surface area contributed by atoms with E-state index in [4.69, 9.17) is 4.74 Å². The number of carbonyl (C=O) groups excluding carboxylic acids is 1. The van der Waals surface area contributed by atoms with Crippen LogP contribution in [0.25, 0.3) is 0 Å². The number of aromatic nitrogens is 1. The van der Waals surface area contributed by atoms with Crippen LogP contribution in [0.5, 0.6) is 5.75 Å². The predicted molar refractivity (Wildman–Crippen MR) is 127 cm³/mol. The van der Waals surface area contributed by atoms with E-state index in [1.165, 1.54) is 35.7 Å². The van der Waals surface area contributed by atoms with Crippen LogP contribution in [0.3, 0.4) is 0 Å². The Morgan fingerprint density at radius 2 is 2.10 bits per heavy atom. The number of methoxy groups -OCH3 is 1. The Hall–Kier alpha value is -2.12. The lowest BCUT2D eigenvalue weighted by Crippen LogP contribution is -2.35. The third-order valence-electron chi connectivity index (χ3n) is 6.39. The Labute approximate surface area is 189 Å². The smallest absolute Gasteiger partial charge is 0.224 e. The number of nitrogens with one attached hydrogen (secondary N) is 1. The molecule has 0 radical (unpaired) electrons. The molecule has 3 heterocycles. The largest absolute Gasteiger partial charge is 0.497 e. The van der Waals surface area contributed by atoms with E-state index in [-0.39, 0.29) is 5.91 Å².